The zero-order valence-corrected chi connectivity index (χ0v) is 13.8. The monoisotopic (exact) mass is 308 g/mol. The molecule has 0 bridgehead atoms. The molecule has 6 nitrogen and oxygen atoms in total. The van der Waals surface area contributed by atoms with E-state index in [0.29, 0.717) is 12.6 Å². The molecule has 0 unspecified atom stereocenters. The Morgan fingerprint density at radius 2 is 1.91 bits per heavy atom. The van der Waals surface area contributed by atoms with Gasteiger partial charge in [0.15, 0.2) is 0 Å². The highest BCUT2D eigenvalue weighted by Crippen LogP contribution is 2.18. The van der Waals surface area contributed by atoms with Crippen molar-refractivity contribution in [2.45, 2.75) is 57.0 Å². The Bertz CT molecular complexity index is 386. The molecule has 0 aromatic heterocycles. The quantitative estimate of drug-likeness (QED) is 0.790. The van der Waals surface area contributed by atoms with E-state index in [1.165, 1.54) is 37.0 Å². The standard InChI is InChI=1S/C13H21N3O.C3H7NO/c14-9-12-7-4-8-16(12)13(17)10-15-11-5-2-1-3-6-11;1-4(2)3-5/h11-12,15H,1-8,10H2;3H,1-2H3/t12-;/m0./s1. The SMILES string of the molecule is CN(C)C=O.N#C[C@@H]1CCCN1C(=O)CNC1CCCCC1. The molecule has 22 heavy (non-hydrogen) atoms. The van der Waals surface area contributed by atoms with Crippen LogP contribution in [0.15, 0.2) is 0 Å². The summed E-state index contributed by atoms with van der Waals surface area (Å²) in [5, 5.41) is 12.3. The Kier molecular flexibility index (Phi) is 8.53. The molecule has 2 aliphatic rings. The molecule has 1 aliphatic heterocycles. The molecule has 0 aromatic carbocycles. The first-order valence-electron chi connectivity index (χ1n) is 8.12. The van der Waals surface area contributed by atoms with E-state index < -0.39 is 0 Å². The second kappa shape index (κ2) is 10.2. The van der Waals surface area contributed by atoms with Crippen LogP contribution < -0.4 is 5.32 Å². The molecule has 1 N–H and O–H groups in total. The molecule has 6 heteroatoms. The fraction of sp³-hybridized carbons (Fsp3) is 0.812. The summed E-state index contributed by atoms with van der Waals surface area (Å²) < 4.78 is 0. The summed E-state index contributed by atoms with van der Waals surface area (Å²) in [6.45, 7) is 1.16. The van der Waals surface area contributed by atoms with E-state index in [1.807, 2.05) is 0 Å². The molecule has 1 saturated carbocycles. The van der Waals surface area contributed by atoms with Gasteiger partial charge in [0, 0.05) is 26.7 Å². The minimum absolute atomic E-state index is 0.0969. The third-order valence-corrected chi connectivity index (χ3v) is 4.08. The van der Waals surface area contributed by atoms with Crippen LogP contribution in [0.4, 0.5) is 0 Å². The van der Waals surface area contributed by atoms with Crippen LogP contribution in [0.2, 0.25) is 0 Å². The average molecular weight is 308 g/mol. The number of likely N-dealkylation sites (tertiary alicyclic amines) is 1. The second-order valence-electron chi connectivity index (χ2n) is 6.16. The van der Waals surface area contributed by atoms with Crippen LogP contribution in [0.1, 0.15) is 44.9 Å². The molecule has 2 amide bonds. The molecular weight excluding hydrogens is 280 g/mol. The molecule has 1 aliphatic carbocycles. The third-order valence-electron chi connectivity index (χ3n) is 4.08. The lowest BCUT2D eigenvalue weighted by Crippen LogP contribution is -2.43. The topological polar surface area (TPSA) is 76.4 Å². The Labute approximate surface area is 133 Å². The van der Waals surface area contributed by atoms with Crippen LogP contribution in [0.3, 0.4) is 0 Å². The maximum Gasteiger partial charge on any atom is 0.237 e. The maximum absolute atomic E-state index is 12.0. The number of rotatable bonds is 4. The van der Waals surface area contributed by atoms with Crippen LogP contribution in [-0.2, 0) is 9.59 Å². The minimum Gasteiger partial charge on any atom is -0.351 e. The van der Waals surface area contributed by atoms with E-state index in [0.717, 1.165) is 25.8 Å². The summed E-state index contributed by atoms with van der Waals surface area (Å²) in [4.78, 5) is 24.6. The lowest BCUT2D eigenvalue weighted by molar-refractivity contribution is -0.130. The molecule has 2 rings (SSSR count). The van der Waals surface area contributed by atoms with Gasteiger partial charge in [-0.05, 0) is 25.7 Å². The molecule has 0 aromatic rings. The van der Waals surface area contributed by atoms with Gasteiger partial charge in [0.2, 0.25) is 12.3 Å². The second-order valence-corrected chi connectivity index (χ2v) is 6.16. The van der Waals surface area contributed by atoms with Crippen LogP contribution >= 0.6 is 0 Å². The van der Waals surface area contributed by atoms with E-state index in [1.54, 1.807) is 19.0 Å². The van der Waals surface area contributed by atoms with Crippen LogP contribution in [0.25, 0.3) is 0 Å². The molecule has 124 valence electrons. The van der Waals surface area contributed by atoms with Crippen LogP contribution in [0, 0.1) is 11.3 Å². The van der Waals surface area contributed by atoms with Gasteiger partial charge in [-0.3, -0.25) is 9.59 Å². The van der Waals surface area contributed by atoms with Gasteiger partial charge >= 0.3 is 0 Å². The number of hydrogen-bond acceptors (Lipinski definition) is 4. The summed E-state index contributed by atoms with van der Waals surface area (Å²) in [5.41, 5.74) is 0. The van der Waals surface area contributed by atoms with Gasteiger partial charge in [-0.2, -0.15) is 5.26 Å². The van der Waals surface area contributed by atoms with Crippen molar-refractivity contribution in [1.82, 2.24) is 15.1 Å². The van der Waals surface area contributed by atoms with Gasteiger partial charge in [0.25, 0.3) is 0 Å². The number of nitrogens with zero attached hydrogens (tertiary/aromatic N) is 3. The number of hydrogen-bond donors (Lipinski definition) is 1. The van der Waals surface area contributed by atoms with Crippen LogP contribution in [0.5, 0.6) is 0 Å². The Balaban J connectivity index is 0.000000422. The Morgan fingerprint density at radius 3 is 2.45 bits per heavy atom. The molecule has 1 atom stereocenters. The predicted octanol–water partition coefficient (Wildman–Crippen LogP) is 1.13. The highest BCUT2D eigenvalue weighted by Gasteiger charge is 2.28. The lowest BCUT2D eigenvalue weighted by Gasteiger charge is -2.25. The highest BCUT2D eigenvalue weighted by atomic mass is 16.2. The maximum atomic E-state index is 12.0. The highest BCUT2D eigenvalue weighted by molar-refractivity contribution is 5.79. The Morgan fingerprint density at radius 1 is 1.27 bits per heavy atom. The first kappa shape index (κ1) is 18.4. The zero-order valence-electron chi connectivity index (χ0n) is 13.8. The average Bonchev–Trinajstić information content (AvgIpc) is 3.03. The molecule has 1 heterocycles. The fourth-order valence-electron chi connectivity index (χ4n) is 2.84. The van der Waals surface area contributed by atoms with E-state index in [9.17, 15) is 9.59 Å². The van der Waals surface area contributed by atoms with Gasteiger partial charge < -0.3 is 15.1 Å². The van der Waals surface area contributed by atoms with Crippen molar-refractivity contribution in [3.05, 3.63) is 0 Å². The Hall–Kier alpha value is -1.61. The first-order valence-corrected chi connectivity index (χ1v) is 8.12. The molecular formula is C16H28N4O2. The van der Waals surface area contributed by atoms with E-state index in [-0.39, 0.29) is 11.9 Å². The van der Waals surface area contributed by atoms with E-state index in [2.05, 4.69) is 11.4 Å². The summed E-state index contributed by atoms with van der Waals surface area (Å²) in [6, 6.07) is 2.54. The van der Waals surface area contributed by atoms with Crippen molar-refractivity contribution in [3.63, 3.8) is 0 Å². The number of carbonyl (C=O) groups excluding carboxylic acids is 2. The summed E-state index contributed by atoms with van der Waals surface area (Å²) in [5.74, 6) is 0.0969. The smallest absolute Gasteiger partial charge is 0.237 e. The van der Waals surface area contributed by atoms with Crippen molar-refractivity contribution >= 4 is 12.3 Å². The molecule has 2 fully saturated rings. The molecule has 1 saturated heterocycles. The predicted molar refractivity (Wildman–Crippen MR) is 85.0 cm³/mol. The third kappa shape index (κ3) is 6.44. The number of carbonyl (C=O) groups is 2. The van der Waals surface area contributed by atoms with Gasteiger partial charge in [0.1, 0.15) is 6.04 Å². The van der Waals surface area contributed by atoms with Gasteiger partial charge in [-0.1, -0.05) is 19.3 Å². The number of amides is 2. The van der Waals surface area contributed by atoms with Crippen molar-refractivity contribution in [2.75, 3.05) is 27.2 Å². The van der Waals surface area contributed by atoms with E-state index in [4.69, 9.17) is 5.26 Å². The summed E-state index contributed by atoms with van der Waals surface area (Å²) in [6.07, 6.45) is 8.81. The summed E-state index contributed by atoms with van der Waals surface area (Å²) in [7, 11) is 3.38. The van der Waals surface area contributed by atoms with Gasteiger partial charge in [-0.15, -0.1) is 0 Å². The number of nitriles is 1. The largest absolute Gasteiger partial charge is 0.351 e. The van der Waals surface area contributed by atoms with Crippen molar-refractivity contribution < 1.29 is 9.59 Å². The van der Waals surface area contributed by atoms with Gasteiger partial charge in [0.05, 0.1) is 12.6 Å². The fourth-order valence-corrected chi connectivity index (χ4v) is 2.84. The lowest BCUT2D eigenvalue weighted by atomic mass is 9.95. The number of nitrogens with one attached hydrogen (secondary N) is 1. The molecule has 0 spiro atoms. The van der Waals surface area contributed by atoms with Crippen molar-refractivity contribution in [2.24, 2.45) is 0 Å². The van der Waals surface area contributed by atoms with Crippen molar-refractivity contribution in [1.29, 1.82) is 5.26 Å². The minimum atomic E-state index is -0.185. The molecule has 0 radical (unpaired) electrons. The van der Waals surface area contributed by atoms with Crippen LogP contribution in [-0.4, -0.2) is 61.4 Å². The van der Waals surface area contributed by atoms with Crippen molar-refractivity contribution in [3.8, 4) is 6.07 Å². The zero-order chi connectivity index (χ0) is 16.4. The van der Waals surface area contributed by atoms with Gasteiger partial charge in [-0.25, -0.2) is 0 Å². The first-order chi connectivity index (χ1) is 10.6. The van der Waals surface area contributed by atoms with E-state index >= 15 is 0 Å². The normalized spacial score (nSPS) is 21.5. The summed E-state index contributed by atoms with van der Waals surface area (Å²) >= 11 is 0.